The highest BCUT2D eigenvalue weighted by Gasteiger charge is 2.12. The van der Waals surface area contributed by atoms with Gasteiger partial charge < -0.3 is 10.1 Å². The van der Waals surface area contributed by atoms with E-state index in [0.29, 0.717) is 22.5 Å². The van der Waals surface area contributed by atoms with Crippen molar-refractivity contribution < 1.29 is 18.3 Å². The number of aromatic nitrogens is 3. The number of amides is 1. The van der Waals surface area contributed by atoms with E-state index in [4.69, 9.17) is 4.74 Å². The molecule has 172 valence electrons. The van der Waals surface area contributed by atoms with Crippen LogP contribution in [0.1, 0.15) is 16.1 Å². The molecule has 0 aliphatic heterocycles. The smallest absolute Gasteiger partial charge is 0.255 e. The van der Waals surface area contributed by atoms with Crippen molar-refractivity contribution in [2.75, 3.05) is 5.32 Å². The molecular weight excluding hydrogens is 450 g/mol. The number of hydrogen-bond acceptors (Lipinski definition) is 5. The lowest BCUT2D eigenvalue weighted by Crippen LogP contribution is -2.13. The zero-order chi connectivity index (χ0) is 24.4. The zero-order valence-electron chi connectivity index (χ0n) is 18.5. The van der Waals surface area contributed by atoms with Crippen LogP contribution in [-0.4, -0.2) is 20.9 Å². The maximum absolute atomic E-state index is 14.6. The van der Waals surface area contributed by atoms with Crippen molar-refractivity contribution in [1.29, 1.82) is 0 Å². The molecule has 0 saturated carbocycles. The first-order chi connectivity index (χ1) is 16.9. The molecule has 1 amide bonds. The van der Waals surface area contributed by atoms with Gasteiger partial charge in [-0.25, -0.2) is 13.8 Å². The van der Waals surface area contributed by atoms with Crippen LogP contribution in [-0.2, 0) is 0 Å². The second-order valence-electron chi connectivity index (χ2n) is 7.80. The molecule has 2 aromatic heterocycles. The summed E-state index contributed by atoms with van der Waals surface area (Å²) in [5.74, 6) is -1.18. The fraction of sp³-hybridized carbons (Fsp3) is 0.0370. The Hall–Kier alpha value is -4.72. The molecule has 0 atom stereocenters. The maximum Gasteiger partial charge on any atom is 0.255 e. The molecule has 5 aromatic rings. The molecule has 0 saturated heterocycles. The molecule has 35 heavy (non-hydrogen) atoms. The number of pyridine rings is 1. The second kappa shape index (κ2) is 9.26. The van der Waals surface area contributed by atoms with Gasteiger partial charge >= 0.3 is 0 Å². The van der Waals surface area contributed by atoms with Crippen molar-refractivity contribution in [3.63, 3.8) is 0 Å². The summed E-state index contributed by atoms with van der Waals surface area (Å²) in [6, 6.07) is 18.2. The molecule has 3 aromatic carbocycles. The molecule has 0 spiro atoms. The van der Waals surface area contributed by atoms with E-state index in [1.807, 2.05) is 19.1 Å². The maximum atomic E-state index is 14.6. The van der Waals surface area contributed by atoms with E-state index in [1.54, 1.807) is 30.6 Å². The van der Waals surface area contributed by atoms with Crippen LogP contribution in [0.25, 0.3) is 22.3 Å². The van der Waals surface area contributed by atoms with Gasteiger partial charge in [-0.15, -0.1) is 0 Å². The Balaban J connectivity index is 1.35. The summed E-state index contributed by atoms with van der Waals surface area (Å²) in [6.45, 7) is 1.91. The standard InChI is InChI=1S/C27H18F2N4O2/c1-16-5-6-18(14-30-16)26-15-31-24-10-8-21(13-25(24)32-26)35-20-7-9-23(22(29)12-20)33-27(34)17-3-2-4-19(28)11-17/h2-15H,1H3,(H,33,34). The van der Waals surface area contributed by atoms with Crippen molar-refractivity contribution in [2.45, 2.75) is 6.92 Å². The molecule has 2 heterocycles. The summed E-state index contributed by atoms with van der Waals surface area (Å²) in [4.78, 5) is 25.7. The largest absolute Gasteiger partial charge is 0.457 e. The molecule has 0 aliphatic carbocycles. The summed E-state index contributed by atoms with van der Waals surface area (Å²) in [6.07, 6.45) is 3.42. The van der Waals surface area contributed by atoms with Crippen molar-refractivity contribution in [3.8, 4) is 22.8 Å². The predicted molar refractivity (Wildman–Crippen MR) is 128 cm³/mol. The van der Waals surface area contributed by atoms with E-state index < -0.39 is 17.5 Å². The van der Waals surface area contributed by atoms with E-state index in [2.05, 4.69) is 20.3 Å². The van der Waals surface area contributed by atoms with Gasteiger partial charge in [0.05, 0.1) is 28.6 Å². The lowest BCUT2D eigenvalue weighted by Gasteiger charge is -2.10. The van der Waals surface area contributed by atoms with E-state index in [0.717, 1.165) is 23.4 Å². The first-order valence-electron chi connectivity index (χ1n) is 10.7. The van der Waals surface area contributed by atoms with Crippen LogP contribution in [0, 0.1) is 18.6 Å². The monoisotopic (exact) mass is 468 g/mol. The minimum Gasteiger partial charge on any atom is -0.457 e. The van der Waals surface area contributed by atoms with E-state index in [1.165, 1.54) is 30.3 Å². The van der Waals surface area contributed by atoms with Gasteiger partial charge in [-0.3, -0.25) is 14.8 Å². The highest BCUT2D eigenvalue weighted by atomic mass is 19.1. The molecule has 8 heteroatoms. The van der Waals surface area contributed by atoms with E-state index in [9.17, 15) is 13.6 Å². The van der Waals surface area contributed by atoms with Gasteiger partial charge in [-0.2, -0.15) is 0 Å². The zero-order valence-corrected chi connectivity index (χ0v) is 18.5. The van der Waals surface area contributed by atoms with Crippen molar-refractivity contribution in [2.24, 2.45) is 0 Å². The number of halogens is 2. The van der Waals surface area contributed by atoms with Gasteiger partial charge in [0.1, 0.15) is 23.1 Å². The Bertz CT molecular complexity index is 1560. The summed E-state index contributed by atoms with van der Waals surface area (Å²) >= 11 is 0. The molecular formula is C27H18F2N4O2. The summed E-state index contributed by atoms with van der Waals surface area (Å²) in [5, 5.41) is 2.43. The van der Waals surface area contributed by atoms with Crippen LogP contribution in [0.5, 0.6) is 11.5 Å². The lowest BCUT2D eigenvalue weighted by atomic mass is 10.2. The number of carbonyl (C=O) groups excluding carboxylic acids is 1. The second-order valence-corrected chi connectivity index (χ2v) is 7.80. The molecule has 0 bridgehead atoms. The van der Waals surface area contributed by atoms with Gasteiger partial charge in [-0.05, 0) is 61.5 Å². The van der Waals surface area contributed by atoms with Gasteiger partial charge in [0.15, 0.2) is 0 Å². The SMILES string of the molecule is Cc1ccc(-c2cnc3ccc(Oc4ccc(NC(=O)c5cccc(F)c5)c(F)c4)cc3n2)cn1. The number of benzene rings is 3. The Morgan fingerprint density at radius 3 is 2.46 bits per heavy atom. The van der Waals surface area contributed by atoms with Crippen LogP contribution < -0.4 is 10.1 Å². The Morgan fingerprint density at radius 1 is 0.857 bits per heavy atom. The Labute approximate surface area is 199 Å². The van der Waals surface area contributed by atoms with Crippen molar-refractivity contribution >= 4 is 22.6 Å². The third-order valence-electron chi connectivity index (χ3n) is 5.23. The van der Waals surface area contributed by atoms with Gasteiger partial charge in [0.25, 0.3) is 5.91 Å². The van der Waals surface area contributed by atoms with Crippen LogP contribution >= 0.6 is 0 Å². The van der Waals surface area contributed by atoms with Crippen molar-refractivity contribution in [1.82, 2.24) is 15.0 Å². The minimum atomic E-state index is -0.693. The van der Waals surface area contributed by atoms with Gasteiger partial charge in [0, 0.05) is 35.2 Å². The fourth-order valence-electron chi connectivity index (χ4n) is 3.43. The average molecular weight is 468 g/mol. The Morgan fingerprint density at radius 2 is 1.69 bits per heavy atom. The molecule has 1 N–H and O–H groups in total. The molecule has 6 nitrogen and oxygen atoms in total. The van der Waals surface area contributed by atoms with E-state index >= 15 is 0 Å². The third-order valence-corrected chi connectivity index (χ3v) is 5.23. The van der Waals surface area contributed by atoms with Crippen molar-refractivity contribution in [3.05, 3.63) is 108 Å². The summed E-state index contributed by atoms with van der Waals surface area (Å²) in [5.41, 5.74) is 3.75. The quantitative estimate of drug-likeness (QED) is 0.327. The number of aryl methyl sites for hydroxylation is 1. The lowest BCUT2D eigenvalue weighted by molar-refractivity contribution is 0.102. The molecule has 0 radical (unpaired) electrons. The number of nitrogens with zero attached hydrogens (tertiary/aromatic N) is 3. The predicted octanol–water partition coefficient (Wildman–Crippen LogP) is 6.32. The van der Waals surface area contributed by atoms with Gasteiger partial charge in [0.2, 0.25) is 0 Å². The number of hydrogen-bond donors (Lipinski definition) is 1. The number of carbonyl (C=O) groups is 1. The van der Waals surface area contributed by atoms with Crippen LogP contribution in [0.15, 0.2) is 85.2 Å². The highest BCUT2D eigenvalue weighted by Crippen LogP contribution is 2.28. The number of anilines is 1. The highest BCUT2D eigenvalue weighted by molar-refractivity contribution is 6.04. The van der Waals surface area contributed by atoms with Crippen LogP contribution in [0.3, 0.4) is 0 Å². The molecule has 0 aliphatic rings. The van der Waals surface area contributed by atoms with E-state index in [-0.39, 0.29) is 17.0 Å². The topological polar surface area (TPSA) is 77.0 Å². The van der Waals surface area contributed by atoms with Crippen LogP contribution in [0.2, 0.25) is 0 Å². The average Bonchev–Trinajstić information content (AvgIpc) is 2.85. The molecule has 5 rings (SSSR count). The number of ether oxygens (including phenoxy) is 1. The Kier molecular flexibility index (Phi) is 5.85. The first kappa shape index (κ1) is 22.1. The fourth-order valence-corrected chi connectivity index (χ4v) is 3.43. The number of rotatable bonds is 5. The summed E-state index contributed by atoms with van der Waals surface area (Å²) in [7, 11) is 0. The third kappa shape index (κ3) is 4.96. The number of fused-ring (bicyclic) bond motifs is 1. The normalized spacial score (nSPS) is 10.8. The molecule has 0 unspecified atom stereocenters. The first-order valence-corrected chi connectivity index (χ1v) is 10.7. The summed E-state index contributed by atoms with van der Waals surface area (Å²) < 4.78 is 33.8. The molecule has 0 fully saturated rings. The van der Waals surface area contributed by atoms with Gasteiger partial charge in [-0.1, -0.05) is 6.07 Å². The minimum absolute atomic E-state index is 0.0488. The number of nitrogens with one attached hydrogen (secondary N) is 1. The van der Waals surface area contributed by atoms with Crippen LogP contribution in [0.4, 0.5) is 14.5 Å².